The van der Waals surface area contributed by atoms with Crippen LogP contribution < -0.4 is 5.32 Å². The van der Waals surface area contributed by atoms with Gasteiger partial charge in [-0.3, -0.25) is 9.78 Å². The van der Waals surface area contributed by atoms with Crippen molar-refractivity contribution in [1.82, 2.24) is 4.98 Å². The monoisotopic (exact) mass is 384 g/mol. The third kappa shape index (κ3) is 4.32. The highest BCUT2D eigenvalue weighted by molar-refractivity contribution is 6.12. The van der Waals surface area contributed by atoms with Crippen LogP contribution in [0.25, 0.3) is 10.9 Å². The minimum absolute atomic E-state index is 0.329. The second-order valence-corrected chi connectivity index (χ2v) is 6.51. The Kier molecular flexibility index (Phi) is 5.07. The van der Waals surface area contributed by atoms with Crippen molar-refractivity contribution in [3.05, 3.63) is 95.9 Å². The fourth-order valence-corrected chi connectivity index (χ4v) is 2.94. The van der Waals surface area contributed by atoms with Gasteiger partial charge in [-0.2, -0.15) is 10.2 Å². The Morgan fingerprint density at radius 1 is 0.897 bits per heavy atom. The van der Waals surface area contributed by atoms with Crippen LogP contribution >= 0.6 is 0 Å². The predicted molar refractivity (Wildman–Crippen MR) is 111 cm³/mol. The fraction of sp³-hybridized carbons (Fsp3) is 0.0435. The number of azo groups is 1. The van der Waals surface area contributed by atoms with Crippen molar-refractivity contribution in [3.8, 4) is 0 Å². The Bertz CT molecular complexity index is 1200. The van der Waals surface area contributed by atoms with Gasteiger partial charge in [0.25, 0.3) is 5.91 Å². The van der Waals surface area contributed by atoms with Crippen LogP contribution in [0.3, 0.4) is 0 Å². The SMILES string of the molecule is Cc1cc(C(=O)Nc2ccc(N=Nc3ccccc3)cc2)c2cc(F)ccc2n1. The zero-order valence-corrected chi connectivity index (χ0v) is 15.6. The Balaban J connectivity index is 1.54. The van der Waals surface area contributed by atoms with E-state index in [9.17, 15) is 9.18 Å². The number of amides is 1. The number of carbonyl (C=O) groups excluding carboxylic acids is 1. The van der Waals surface area contributed by atoms with Gasteiger partial charge in [0.15, 0.2) is 0 Å². The van der Waals surface area contributed by atoms with Gasteiger partial charge in [0.05, 0.1) is 22.5 Å². The number of aromatic nitrogens is 1. The zero-order valence-electron chi connectivity index (χ0n) is 15.6. The zero-order chi connectivity index (χ0) is 20.2. The first kappa shape index (κ1) is 18.4. The smallest absolute Gasteiger partial charge is 0.256 e. The lowest BCUT2D eigenvalue weighted by molar-refractivity contribution is 0.102. The second-order valence-electron chi connectivity index (χ2n) is 6.51. The van der Waals surface area contributed by atoms with Gasteiger partial charge in [0.1, 0.15) is 5.82 Å². The van der Waals surface area contributed by atoms with E-state index in [4.69, 9.17) is 0 Å². The molecule has 5 nitrogen and oxygen atoms in total. The van der Waals surface area contributed by atoms with Crippen LogP contribution in [0.4, 0.5) is 21.5 Å². The molecule has 4 aromatic rings. The Hall–Kier alpha value is -3.93. The summed E-state index contributed by atoms with van der Waals surface area (Å²) in [4.78, 5) is 17.1. The van der Waals surface area contributed by atoms with E-state index in [1.807, 2.05) is 30.3 Å². The summed E-state index contributed by atoms with van der Waals surface area (Å²) in [5.41, 5.74) is 3.67. The Morgan fingerprint density at radius 3 is 2.31 bits per heavy atom. The van der Waals surface area contributed by atoms with Crippen LogP contribution in [0.2, 0.25) is 0 Å². The van der Waals surface area contributed by atoms with Crippen LogP contribution in [0, 0.1) is 12.7 Å². The summed E-state index contributed by atoms with van der Waals surface area (Å²) >= 11 is 0. The maximum absolute atomic E-state index is 13.7. The topological polar surface area (TPSA) is 66.7 Å². The molecule has 1 N–H and O–H groups in total. The third-order valence-corrected chi connectivity index (χ3v) is 4.31. The normalized spacial score (nSPS) is 11.1. The molecule has 0 aliphatic heterocycles. The first-order chi connectivity index (χ1) is 14.1. The maximum Gasteiger partial charge on any atom is 0.256 e. The summed E-state index contributed by atoms with van der Waals surface area (Å²) in [5, 5.41) is 11.7. The molecule has 142 valence electrons. The van der Waals surface area contributed by atoms with Crippen LogP contribution in [0.5, 0.6) is 0 Å². The lowest BCUT2D eigenvalue weighted by Gasteiger charge is -2.09. The molecule has 29 heavy (non-hydrogen) atoms. The molecule has 1 heterocycles. The molecule has 4 rings (SSSR count). The number of nitrogens with one attached hydrogen (secondary N) is 1. The van der Waals surface area contributed by atoms with Gasteiger partial charge in [-0.25, -0.2) is 4.39 Å². The van der Waals surface area contributed by atoms with E-state index in [1.54, 1.807) is 43.3 Å². The number of hydrogen-bond donors (Lipinski definition) is 1. The van der Waals surface area contributed by atoms with Crippen molar-refractivity contribution < 1.29 is 9.18 Å². The summed E-state index contributed by atoms with van der Waals surface area (Å²) in [7, 11) is 0. The molecule has 0 radical (unpaired) electrons. The number of aryl methyl sites for hydroxylation is 1. The number of nitrogens with zero attached hydrogens (tertiary/aromatic N) is 3. The van der Waals surface area contributed by atoms with E-state index in [-0.39, 0.29) is 5.91 Å². The van der Waals surface area contributed by atoms with Gasteiger partial charge in [-0.15, -0.1) is 0 Å². The van der Waals surface area contributed by atoms with E-state index >= 15 is 0 Å². The Labute approximate surface area is 167 Å². The molecule has 0 saturated heterocycles. The van der Waals surface area contributed by atoms with E-state index < -0.39 is 5.82 Å². The molecular formula is C23H17FN4O. The molecule has 6 heteroatoms. The molecule has 0 aliphatic carbocycles. The molecule has 0 spiro atoms. The van der Waals surface area contributed by atoms with E-state index in [0.717, 1.165) is 5.69 Å². The van der Waals surface area contributed by atoms with Gasteiger partial charge in [-0.1, -0.05) is 18.2 Å². The molecule has 0 unspecified atom stereocenters. The number of carbonyl (C=O) groups is 1. The van der Waals surface area contributed by atoms with Crippen LogP contribution in [0.1, 0.15) is 16.1 Å². The van der Waals surface area contributed by atoms with Crippen molar-refractivity contribution in [2.24, 2.45) is 10.2 Å². The van der Waals surface area contributed by atoms with Gasteiger partial charge in [0.2, 0.25) is 0 Å². The van der Waals surface area contributed by atoms with Crippen LogP contribution in [0.15, 0.2) is 89.1 Å². The average molecular weight is 384 g/mol. The summed E-state index contributed by atoms with van der Waals surface area (Å²) in [6.45, 7) is 1.80. The molecule has 0 fully saturated rings. The standard InChI is InChI=1S/C23H17FN4O/c1-15-13-21(20-14-16(24)7-12-22(20)25-15)23(29)26-17-8-10-19(11-9-17)28-27-18-5-3-2-4-6-18/h2-14H,1H3,(H,26,29). The number of halogens is 1. The van der Waals surface area contributed by atoms with Crippen LogP contribution in [-0.2, 0) is 0 Å². The summed E-state index contributed by atoms with van der Waals surface area (Å²) in [5.74, 6) is -0.741. The first-order valence-corrected chi connectivity index (χ1v) is 9.03. The van der Waals surface area contributed by atoms with Crippen LogP contribution in [-0.4, -0.2) is 10.9 Å². The number of fused-ring (bicyclic) bond motifs is 1. The largest absolute Gasteiger partial charge is 0.322 e. The van der Waals surface area contributed by atoms with Crippen molar-refractivity contribution >= 4 is 33.9 Å². The van der Waals surface area contributed by atoms with E-state index in [0.29, 0.717) is 33.5 Å². The van der Waals surface area contributed by atoms with E-state index in [2.05, 4.69) is 20.5 Å². The molecule has 0 aliphatic rings. The first-order valence-electron chi connectivity index (χ1n) is 9.03. The van der Waals surface area contributed by atoms with Gasteiger partial charge in [0, 0.05) is 16.8 Å². The third-order valence-electron chi connectivity index (χ3n) is 4.31. The molecule has 0 saturated carbocycles. The number of benzene rings is 3. The fourth-order valence-electron chi connectivity index (χ4n) is 2.94. The minimum Gasteiger partial charge on any atom is -0.322 e. The van der Waals surface area contributed by atoms with Crippen molar-refractivity contribution in [2.45, 2.75) is 6.92 Å². The second kappa shape index (κ2) is 7.98. The quantitative estimate of drug-likeness (QED) is 0.417. The highest BCUT2D eigenvalue weighted by atomic mass is 19.1. The van der Waals surface area contributed by atoms with Gasteiger partial charge >= 0.3 is 0 Å². The summed E-state index contributed by atoms with van der Waals surface area (Å²) < 4.78 is 13.7. The predicted octanol–water partition coefficient (Wildman–Crippen LogP) is 6.35. The minimum atomic E-state index is -0.412. The van der Waals surface area contributed by atoms with Gasteiger partial charge < -0.3 is 5.32 Å². The number of anilines is 1. The lowest BCUT2D eigenvalue weighted by atomic mass is 10.1. The lowest BCUT2D eigenvalue weighted by Crippen LogP contribution is -2.13. The highest BCUT2D eigenvalue weighted by Gasteiger charge is 2.13. The van der Waals surface area contributed by atoms with Crippen molar-refractivity contribution in [3.63, 3.8) is 0 Å². The number of rotatable bonds is 4. The number of hydrogen-bond acceptors (Lipinski definition) is 4. The number of pyridine rings is 1. The van der Waals surface area contributed by atoms with E-state index in [1.165, 1.54) is 12.1 Å². The van der Waals surface area contributed by atoms with Crippen molar-refractivity contribution in [1.29, 1.82) is 0 Å². The Morgan fingerprint density at radius 2 is 1.59 bits per heavy atom. The highest BCUT2D eigenvalue weighted by Crippen LogP contribution is 2.23. The average Bonchev–Trinajstić information content (AvgIpc) is 2.73. The molecule has 0 atom stereocenters. The molecule has 3 aromatic carbocycles. The molecule has 0 bridgehead atoms. The molecule has 1 aromatic heterocycles. The molecular weight excluding hydrogens is 367 g/mol. The molecule has 1 amide bonds. The maximum atomic E-state index is 13.7. The summed E-state index contributed by atoms with van der Waals surface area (Å²) in [6, 6.07) is 22.3. The van der Waals surface area contributed by atoms with Gasteiger partial charge in [-0.05, 0) is 67.6 Å². The van der Waals surface area contributed by atoms with Crippen molar-refractivity contribution in [2.75, 3.05) is 5.32 Å². The summed E-state index contributed by atoms with van der Waals surface area (Å²) in [6.07, 6.45) is 0.